The molecular formula is C21H24N2O3. The SMILES string of the molecule is COc1ccc(CCNC(=O)[C@@H]2CC(=O)N(C)[C@H]2c2ccccc2)cc1. The molecule has 2 amide bonds. The van der Waals surface area contributed by atoms with Crippen LogP contribution in [-0.2, 0) is 16.0 Å². The van der Waals surface area contributed by atoms with Gasteiger partial charge in [-0.2, -0.15) is 0 Å². The van der Waals surface area contributed by atoms with Crippen LogP contribution in [0.2, 0.25) is 0 Å². The number of hydrogen-bond acceptors (Lipinski definition) is 3. The minimum Gasteiger partial charge on any atom is -0.497 e. The molecule has 1 saturated heterocycles. The van der Waals surface area contributed by atoms with Crippen LogP contribution in [0.4, 0.5) is 0 Å². The number of ether oxygens (including phenoxy) is 1. The van der Waals surface area contributed by atoms with E-state index in [9.17, 15) is 9.59 Å². The first-order valence-corrected chi connectivity index (χ1v) is 8.81. The van der Waals surface area contributed by atoms with Crippen LogP contribution >= 0.6 is 0 Å². The fourth-order valence-corrected chi connectivity index (χ4v) is 3.46. The summed E-state index contributed by atoms with van der Waals surface area (Å²) in [6.07, 6.45) is 0.993. The zero-order chi connectivity index (χ0) is 18.5. The Morgan fingerprint density at radius 2 is 1.85 bits per heavy atom. The molecule has 2 atom stereocenters. The van der Waals surface area contributed by atoms with Crippen molar-refractivity contribution in [2.45, 2.75) is 18.9 Å². The highest BCUT2D eigenvalue weighted by molar-refractivity contribution is 5.90. The van der Waals surface area contributed by atoms with Crippen molar-refractivity contribution in [1.29, 1.82) is 0 Å². The molecule has 3 rings (SSSR count). The van der Waals surface area contributed by atoms with Crippen molar-refractivity contribution in [2.75, 3.05) is 20.7 Å². The molecule has 1 fully saturated rings. The van der Waals surface area contributed by atoms with Crippen LogP contribution in [0.25, 0.3) is 0 Å². The van der Waals surface area contributed by atoms with Gasteiger partial charge in [0.25, 0.3) is 0 Å². The molecule has 5 heteroatoms. The molecule has 0 spiro atoms. The lowest BCUT2D eigenvalue weighted by Gasteiger charge is -2.25. The Hall–Kier alpha value is -2.82. The molecule has 0 aliphatic carbocycles. The average Bonchev–Trinajstić information content (AvgIpc) is 2.98. The van der Waals surface area contributed by atoms with Crippen molar-refractivity contribution in [3.63, 3.8) is 0 Å². The maximum atomic E-state index is 12.7. The summed E-state index contributed by atoms with van der Waals surface area (Å²) in [5, 5.41) is 2.99. The van der Waals surface area contributed by atoms with Gasteiger partial charge >= 0.3 is 0 Å². The maximum Gasteiger partial charge on any atom is 0.226 e. The summed E-state index contributed by atoms with van der Waals surface area (Å²) in [5.41, 5.74) is 2.13. The Morgan fingerprint density at radius 3 is 2.50 bits per heavy atom. The number of benzene rings is 2. The number of likely N-dealkylation sites (tertiary alicyclic amines) is 1. The van der Waals surface area contributed by atoms with E-state index in [1.54, 1.807) is 19.1 Å². The normalized spacial score (nSPS) is 19.5. The van der Waals surface area contributed by atoms with Gasteiger partial charge in [-0.25, -0.2) is 0 Å². The molecule has 0 bridgehead atoms. The fourth-order valence-electron chi connectivity index (χ4n) is 3.46. The molecule has 136 valence electrons. The van der Waals surface area contributed by atoms with Crippen molar-refractivity contribution < 1.29 is 14.3 Å². The van der Waals surface area contributed by atoms with Crippen LogP contribution in [0.15, 0.2) is 54.6 Å². The van der Waals surface area contributed by atoms with Gasteiger partial charge in [0.05, 0.1) is 19.1 Å². The van der Waals surface area contributed by atoms with E-state index in [4.69, 9.17) is 4.74 Å². The van der Waals surface area contributed by atoms with Crippen LogP contribution in [0, 0.1) is 5.92 Å². The van der Waals surface area contributed by atoms with Crippen molar-refractivity contribution >= 4 is 11.8 Å². The van der Waals surface area contributed by atoms with Crippen LogP contribution in [-0.4, -0.2) is 37.4 Å². The van der Waals surface area contributed by atoms with Gasteiger partial charge in [0.2, 0.25) is 11.8 Å². The van der Waals surface area contributed by atoms with Crippen molar-refractivity contribution in [3.05, 3.63) is 65.7 Å². The summed E-state index contributed by atoms with van der Waals surface area (Å²) in [4.78, 5) is 26.5. The van der Waals surface area contributed by atoms with Crippen molar-refractivity contribution in [2.24, 2.45) is 5.92 Å². The van der Waals surface area contributed by atoms with Gasteiger partial charge in [-0.05, 0) is 29.7 Å². The van der Waals surface area contributed by atoms with Crippen LogP contribution in [0.5, 0.6) is 5.75 Å². The quantitative estimate of drug-likeness (QED) is 0.869. The summed E-state index contributed by atoms with van der Waals surface area (Å²) in [6, 6.07) is 17.3. The van der Waals surface area contributed by atoms with Gasteiger partial charge in [-0.15, -0.1) is 0 Å². The lowest BCUT2D eigenvalue weighted by molar-refractivity contribution is -0.128. The molecule has 0 saturated carbocycles. The van der Waals surface area contributed by atoms with E-state index in [2.05, 4.69) is 5.32 Å². The van der Waals surface area contributed by atoms with E-state index in [1.165, 1.54) is 0 Å². The number of methoxy groups -OCH3 is 1. The molecular weight excluding hydrogens is 328 g/mol. The van der Waals surface area contributed by atoms with E-state index >= 15 is 0 Å². The van der Waals surface area contributed by atoms with Crippen molar-refractivity contribution in [1.82, 2.24) is 10.2 Å². The number of nitrogens with zero attached hydrogens (tertiary/aromatic N) is 1. The monoisotopic (exact) mass is 352 g/mol. The Kier molecular flexibility index (Phi) is 5.56. The Morgan fingerprint density at radius 1 is 1.15 bits per heavy atom. The predicted molar refractivity (Wildman–Crippen MR) is 99.8 cm³/mol. The van der Waals surface area contributed by atoms with Gasteiger partial charge in [0.15, 0.2) is 0 Å². The Balaban J connectivity index is 1.61. The highest BCUT2D eigenvalue weighted by Crippen LogP contribution is 2.36. The third-order valence-corrected chi connectivity index (χ3v) is 4.94. The summed E-state index contributed by atoms with van der Waals surface area (Å²) in [5.74, 6) is 0.404. The maximum absolute atomic E-state index is 12.7. The van der Waals surface area contributed by atoms with E-state index in [1.807, 2.05) is 54.6 Å². The van der Waals surface area contributed by atoms with E-state index in [-0.39, 0.29) is 30.2 Å². The largest absolute Gasteiger partial charge is 0.497 e. The van der Waals surface area contributed by atoms with Gasteiger partial charge in [-0.3, -0.25) is 9.59 Å². The van der Waals surface area contributed by atoms with Gasteiger partial charge in [-0.1, -0.05) is 42.5 Å². The second-order valence-corrected chi connectivity index (χ2v) is 6.56. The molecule has 5 nitrogen and oxygen atoms in total. The summed E-state index contributed by atoms with van der Waals surface area (Å²) in [6.45, 7) is 0.543. The number of carbonyl (C=O) groups excluding carboxylic acids is 2. The molecule has 1 aliphatic heterocycles. The molecule has 0 aromatic heterocycles. The molecule has 1 N–H and O–H groups in total. The molecule has 1 heterocycles. The standard InChI is InChI=1S/C21H24N2O3/c1-23-19(24)14-18(20(23)16-6-4-3-5-7-16)21(25)22-13-12-15-8-10-17(26-2)11-9-15/h3-11,18,20H,12-14H2,1-2H3,(H,22,25)/t18-,20+/m1/s1. The van der Waals surface area contributed by atoms with E-state index in [0.29, 0.717) is 6.54 Å². The highest BCUT2D eigenvalue weighted by atomic mass is 16.5. The number of hydrogen-bond donors (Lipinski definition) is 1. The van der Waals surface area contributed by atoms with Crippen LogP contribution < -0.4 is 10.1 Å². The minimum atomic E-state index is -0.356. The van der Waals surface area contributed by atoms with Crippen molar-refractivity contribution in [3.8, 4) is 5.75 Å². The first-order chi connectivity index (χ1) is 12.6. The zero-order valence-electron chi connectivity index (χ0n) is 15.1. The lowest BCUT2D eigenvalue weighted by Crippen LogP contribution is -2.35. The van der Waals surface area contributed by atoms with E-state index < -0.39 is 0 Å². The fraction of sp³-hybridized carbons (Fsp3) is 0.333. The first kappa shape index (κ1) is 18.0. The molecule has 0 unspecified atom stereocenters. The van der Waals surface area contributed by atoms with Gasteiger partial charge in [0, 0.05) is 20.0 Å². The summed E-state index contributed by atoms with van der Waals surface area (Å²) in [7, 11) is 3.41. The molecule has 2 aromatic rings. The summed E-state index contributed by atoms with van der Waals surface area (Å²) < 4.78 is 5.15. The topological polar surface area (TPSA) is 58.6 Å². The number of amides is 2. The smallest absolute Gasteiger partial charge is 0.226 e. The second-order valence-electron chi connectivity index (χ2n) is 6.56. The average molecular weight is 352 g/mol. The lowest BCUT2D eigenvalue weighted by atomic mass is 9.93. The number of rotatable bonds is 6. The Labute approximate surface area is 154 Å². The molecule has 2 aromatic carbocycles. The van der Waals surface area contributed by atoms with Crippen LogP contribution in [0.3, 0.4) is 0 Å². The zero-order valence-corrected chi connectivity index (χ0v) is 15.1. The Bertz CT molecular complexity index is 759. The second kappa shape index (κ2) is 8.04. The molecule has 26 heavy (non-hydrogen) atoms. The van der Waals surface area contributed by atoms with Crippen LogP contribution in [0.1, 0.15) is 23.6 Å². The summed E-state index contributed by atoms with van der Waals surface area (Å²) >= 11 is 0. The van der Waals surface area contributed by atoms with E-state index in [0.717, 1.165) is 23.3 Å². The number of nitrogens with one attached hydrogen (secondary N) is 1. The molecule has 1 aliphatic rings. The van der Waals surface area contributed by atoms with Gasteiger partial charge in [0.1, 0.15) is 5.75 Å². The first-order valence-electron chi connectivity index (χ1n) is 8.81. The molecule has 0 radical (unpaired) electrons. The highest BCUT2D eigenvalue weighted by Gasteiger charge is 2.42. The predicted octanol–water partition coefficient (Wildman–Crippen LogP) is 2.57. The third kappa shape index (κ3) is 3.87. The third-order valence-electron chi connectivity index (χ3n) is 4.94. The minimum absolute atomic E-state index is 0.00848. The number of carbonyl (C=O) groups is 2. The van der Waals surface area contributed by atoms with Gasteiger partial charge < -0.3 is 15.0 Å².